The monoisotopic (exact) mass is 232 g/mol. The molecule has 0 bridgehead atoms. The van der Waals surface area contributed by atoms with Gasteiger partial charge in [-0.2, -0.15) is 0 Å². The molecule has 0 radical (unpaired) electrons. The predicted molar refractivity (Wildman–Crippen MR) is 56.9 cm³/mol. The summed E-state index contributed by atoms with van der Waals surface area (Å²) >= 11 is 0. The number of hydrogen-bond acceptors (Lipinski definition) is 5. The molecule has 0 aromatic rings. The van der Waals surface area contributed by atoms with Crippen molar-refractivity contribution >= 4 is 5.78 Å². The Balaban J connectivity index is 2.38. The first-order valence-electron chi connectivity index (χ1n) is 5.77. The van der Waals surface area contributed by atoms with Crippen LogP contribution >= 0.6 is 0 Å². The van der Waals surface area contributed by atoms with Crippen LogP contribution in [0.25, 0.3) is 0 Å². The van der Waals surface area contributed by atoms with Crippen molar-refractivity contribution in [2.75, 3.05) is 6.61 Å². The van der Waals surface area contributed by atoms with Gasteiger partial charge in [0.25, 0.3) is 0 Å². The SMILES string of the molecule is CCCCCC(O)C(=O)[C@H]1OC[C@H](O)[C@@H]1O. The van der Waals surface area contributed by atoms with Gasteiger partial charge in [-0.1, -0.05) is 26.2 Å². The highest BCUT2D eigenvalue weighted by molar-refractivity contribution is 5.88. The van der Waals surface area contributed by atoms with Gasteiger partial charge in [-0.05, 0) is 6.42 Å². The molecule has 1 aliphatic heterocycles. The molecule has 94 valence electrons. The van der Waals surface area contributed by atoms with E-state index >= 15 is 0 Å². The van der Waals surface area contributed by atoms with Gasteiger partial charge in [0.15, 0.2) is 5.78 Å². The fourth-order valence-electron chi connectivity index (χ4n) is 1.77. The number of carbonyl (C=O) groups excluding carboxylic acids is 1. The van der Waals surface area contributed by atoms with Gasteiger partial charge in [0, 0.05) is 0 Å². The molecule has 0 spiro atoms. The highest BCUT2D eigenvalue weighted by Crippen LogP contribution is 2.18. The molecule has 1 fully saturated rings. The Hall–Kier alpha value is -0.490. The lowest BCUT2D eigenvalue weighted by Gasteiger charge is -2.17. The van der Waals surface area contributed by atoms with Gasteiger partial charge in [-0.3, -0.25) is 4.79 Å². The Morgan fingerprint density at radius 3 is 2.62 bits per heavy atom. The van der Waals surface area contributed by atoms with Crippen molar-refractivity contribution in [2.45, 2.75) is 57.0 Å². The largest absolute Gasteiger partial charge is 0.388 e. The molecule has 0 saturated carbocycles. The molecule has 1 unspecified atom stereocenters. The summed E-state index contributed by atoms with van der Waals surface area (Å²) in [5.41, 5.74) is 0. The quantitative estimate of drug-likeness (QED) is 0.543. The number of unbranched alkanes of at least 4 members (excludes halogenated alkanes) is 2. The summed E-state index contributed by atoms with van der Waals surface area (Å²) in [5, 5.41) is 28.2. The fourth-order valence-corrected chi connectivity index (χ4v) is 1.77. The van der Waals surface area contributed by atoms with Crippen LogP contribution in [0.1, 0.15) is 32.6 Å². The maximum atomic E-state index is 11.6. The molecular formula is C11H20O5. The number of rotatable bonds is 6. The summed E-state index contributed by atoms with van der Waals surface area (Å²) in [6, 6.07) is 0. The summed E-state index contributed by atoms with van der Waals surface area (Å²) in [4.78, 5) is 11.6. The Kier molecular flexibility index (Phi) is 5.34. The third-order valence-corrected chi connectivity index (χ3v) is 2.84. The lowest BCUT2D eigenvalue weighted by atomic mass is 10.00. The van der Waals surface area contributed by atoms with Crippen LogP contribution in [-0.4, -0.2) is 52.1 Å². The average molecular weight is 232 g/mol. The summed E-state index contributed by atoms with van der Waals surface area (Å²) in [7, 11) is 0. The summed E-state index contributed by atoms with van der Waals surface area (Å²) < 4.78 is 4.96. The van der Waals surface area contributed by atoms with Crippen molar-refractivity contribution in [3.05, 3.63) is 0 Å². The lowest BCUT2D eigenvalue weighted by molar-refractivity contribution is -0.140. The van der Waals surface area contributed by atoms with Crippen LogP contribution in [0, 0.1) is 0 Å². The zero-order valence-electron chi connectivity index (χ0n) is 9.50. The van der Waals surface area contributed by atoms with Crippen LogP contribution in [0.15, 0.2) is 0 Å². The van der Waals surface area contributed by atoms with Gasteiger partial charge in [-0.25, -0.2) is 0 Å². The van der Waals surface area contributed by atoms with E-state index < -0.39 is 30.2 Å². The smallest absolute Gasteiger partial charge is 0.192 e. The van der Waals surface area contributed by atoms with E-state index in [4.69, 9.17) is 4.74 Å². The fraction of sp³-hybridized carbons (Fsp3) is 0.909. The number of Topliss-reactive ketones (excluding diaryl/α,β-unsaturated/α-hetero) is 1. The molecule has 1 rings (SSSR count). The molecule has 0 aromatic carbocycles. The summed E-state index contributed by atoms with van der Waals surface area (Å²) in [5.74, 6) is -0.528. The van der Waals surface area contributed by atoms with Gasteiger partial charge in [0.1, 0.15) is 24.4 Å². The molecule has 1 saturated heterocycles. The van der Waals surface area contributed by atoms with Crippen molar-refractivity contribution in [2.24, 2.45) is 0 Å². The van der Waals surface area contributed by atoms with Gasteiger partial charge in [-0.15, -0.1) is 0 Å². The lowest BCUT2D eigenvalue weighted by Crippen LogP contribution is -2.41. The van der Waals surface area contributed by atoms with E-state index in [2.05, 4.69) is 0 Å². The van der Waals surface area contributed by atoms with Crippen molar-refractivity contribution in [3.63, 3.8) is 0 Å². The minimum absolute atomic E-state index is 0.0563. The number of aliphatic hydroxyl groups excluding tert-OH is 3. The number of ether oxygens (including phenoxy) is 1. The van der Waals surface area contributed by atoms with Gasteiger partial charge in [0.05, 0.1) is 6.61 Å². The standard InChI is InChI=1S/C11H20O5/c1-2-3-4-5-7(12)9(14)11-10(15)8(13)6-16-11/h7-8,10-13,15H,2-6H2,1H3/t7?,8-,10-,11+/m0/s1. The van der Waals surface area contributed by atoms with E-state index in [1.165, 1.54) is 0 Å². The Labute approximate surface area is 95.0 Å². The van der Waals surface area contributed by atoms with Crippen LogP contribution in [0.4, 0.5) is 0 Å². The topological polar surface area (TPSA) is 87.0 Å². The molecule has 1 heterocycles. The zero-order valence-corrected chi connectivity index (χ0v) is 9.50. The summed E-state index contributed by atoms with van der Waals surface area (Å²) in [6.45, 7) is 1.98. The maximum Gasteiger partial charge on any atom is 0.192 e. The minimum atomic E-state index is -1.21. The van der Waals surface area contributed by atoms with Crippen LogP contribution in [0.2, 0.25) is 0 Å². The molecule has 1 aliphatic rings. The van der Waals surface area contributed by atoms with Crippen LogP contribution in [0.3, 0.4) is 0 Å². The highest BCUT2D eigenvalue weighted by Gasteiger charge is 2.41. The maximum absolute atomic E-state index is 11.6. The molecule has 0 aromatic heterocycles. The molecule has 5 nitrogen and oxygen atoms in total. The van der Waals surface area contributed by atoms with E-state index in [-0.39, 0.29) is 6.61 Å². The molecular weight excluding hydrogens is 212 g/mol. The van der Waals surface area contributed by atoms with Gasteiger partial charge >= 0.3 is 0 Å². The third-order valence-electron chi connectivity index (χ3n) is 2.84. The Morgan fingerprint density at radius 1 is 1.44 bits per heavy atom. The minimum Gasteiger partial charge on any atom is -0.388 e. The molecule has 0 aliphatic carbocycles. The average Bonchev–Trinajstić information content (AvgIpc) is 2.59. The Bertz CT molecular complexity index is 230. The summed E-state index contributed by atoms with van der Waals surface area (Å²) in [6.07, 6.45) is -1.29. The van der Waals surface area contributed by atoms with E-state index in [0.29, 0.717) is 6.42 Å². The first-order valence-corrected chi connectivity index (χ1v) is 5.77. The van der Waals surface area contributed by atoms with Crippen LogP contribution < -0.4 is 0 Å². The third kappa shape index (κ3) is 3.25. The number of ketones is 1. The predicted octanol–water partition coefficient (Wildman–Crippen LogP) is -0.383. The molecule has 16 heavy (non-hydrogen) atoms. The molecule has 0 amide bonds. The van der Waals surface area contributed by atoms with Crippen molar-refractivity contribution < 1.29 is 24.9 Å². The van der Waals surface area contributed by atoms with Crippen molar-refractivity contribution in [3.8, 4) is 0 Å². The zero-order chi connectivity index (χ0) is 12.1. The molecule has 5 heteroatoms. The van der Waals surface area contributed by atoms with E-state index in [1.807, 2.05) is 6.92 Å². The van der Waals surface area contributed by atoms with Gasteiger partial charge in [0.2, 0.25) is 0 Å². The second kappa shape index (κ2) is 6.30. The second-order valence-electron chi connectivity index (χ2n) is 4.23. The molecule has 4 atom stereocenters. The van der Waals surface area contributed by atoms with E-state index in [0.717, 1.165) is 19.3 Å². The normalized spacial score (nSPS) is 31.6. The van der Waals surface area contributed by atoms with Crippen LogP contribution in [-0.2, 0) is 9.53 Å². The second-order valence-corrected chi connectivity index (χ2v) is 4.23. The molecule has 3 N–H and O–H groups in total. The van der Waals surface area contributed by atoms with E-state index in [9.17, 15) is 20.1 Å². The number of aliphatic hydroxyl groups is 3. The van der Waals surface area contributed by atoms with Crippen molar-refractivity contribution in [1.82, 2.24) is 0 Å². The Morgan fingerprint density at radius 2 is 2.12 bits per heavy atom. The van der Waals surface area contributed by atoms with Crippen molar-refractivity contribution in [1.29, 1.82) is 0 Å². The number of carbonyl (C=O) groups is 1. The first-order chi connectivity index (χ1) is 7.57. The highest BCUT2D eigenvalue weighted by atomic mass is 16.5. The van der Waals surface area contributed by atoms with Crippen LogP contribution in [0.5, 0.6) is 0 Å². The van der Waals surface area contributed by atoms with Gasteiger partial charge < -0.3 is 20.1 Å². The van der Waals surface area contributed by atoms with E-state index in [1.54, 1.807) is 0 Å². The number of hydrogen-bond donors (Lipinski definition) is 3. The first kappa shape index (κ1) is 13.6.